The zero-order valence-corrected chi connectivity index (χ0v) is 15.8. The Labute approximate surface area is 149 Å². The smallest absolute Gasteiger partial charge is 0.0828 e. The average Bonchev–Trinajstić information content (AvgIpc) is 2.29. The molecule has 116 valence electrons. The van der Waals surface area contributed by atoms with Gasteiger partial charge in [0, 0.05) is 17.4 Å². The Balaban J connectivity index is 0.00000361. The lowest BCUT2D eigenvalue weighted by molar-refractivity contribution is 0.471. The van der Waals surface area contributed by atoms with Crippen molar-refractivity contribution in [1.82, 2.24) is 0 Å². The van der Waals surface area contributed by atoms with Crippen molar-refractivity contribution in [2.24, 2.45) is 0 Å². The van der Waals surface area contributed by atoms with Crippen molar-refractivity contribution in [3.8, 4) is 0 Å². The molecule has 0 spiro atoms. The Morgan fingerprint density at radius 1 is 0.950 bits per heavy atom. The molecule has 0 N–H and O–H groups in total. The quantitative estimate of drug-likeness (QED) is 0.364. The number of rotatable bonds is 7. The molecule has 0 heterocycles. The van der Waals surface area contributed by atoms with Crippen LogP contribution in [0.1, 0.15) is 26.7 Å². The molecule has 1 aromatic carbocycles. The van der Waals surface area contributed by atoms with Crippen molar-refractivity contribution < 1.29 is 0 Å². The summed E-state index contributed by atoms with van der Waals surface area (Å²) >= 11 is 21.5. The lowest BCUT2D eigenvalue weighted by atomic mass is 10.1. The van der Waals surface area contributed by atoms with E-state index in [-0.39, 0.29) is 22.1 Å². The molecule has 0 aliphatic rings. The number of alkyl halides is 2. The van der Waals surface area contributed by atoms with E-state index >= 15 is 0 Å². The Morgan fingerprint density at radius 3 is 1.70 bits per heavy atom. The summed E-state index contributed by atoms with van der Waals surface area (Å²) in [5, 5.41) is 0. The largest absolute Gasteiger partial charge is 0.343 e. The van der Waals surface area contributed by atoms with Crippen molar-refractivity contribution in [3.05, 3.63) is 30.3 Å². The van der Waals surface area contributed by atoms with Gasteiger partial charge in [0.05, 0.1) is 9.74 Å². The minimum Gasteiger partial charge on any atom is -0.343 e. The summed E-state index contributed by atoms with van der Waals surface area (Å²) in [6.45, 7) is 4.13. The minimum absolute atomic E-state index is 0. The van der Waals surface area contributed by atoms with E-state index in [1.54, 1.807) is 0 Å². The van der Waals surface area contributed by atoms with Crippen LogP contribution in [0, 0.1) is 0 Å². The van der Waals surface area contributed by atoms with Crippen molar-refractivity contribution in [2.75, 3.05) is 16.7 Å². The van der Waals surface area contributed by atoms with Crippen LogP contribution in [-0.4, -0.2) is 21.5 Å². The maximum absolute atomic E-state index is 5.92. The summed E-state index contributed by atoms with van der Waals surface area (Å²) in [5.41, 5.74) is 1.08. The molecule has 6 heteroatoms. The fraction of sp³-hybridized carbons (Fsp3) is 0.571. The van der Waals surface area contributed by atoms with Crippen LogP contribution in [0.2, 0.25) is 0 Å². The van der Waals surface area contributed by atoms with E-state index in [0.717, 1.165) is 18.5 Å². The molecule has 2 atom stereocenters. The third-order valence-electron chi connectivity index (χ3n) is 3.11. The van der Waals surface area contributed by atoms with Crippen LogP contribution in [0.5, 0.6) is 0 Å². The lowest BCUT2D eigenvalue weighted by Crippen LogP contribution is -2.54. The van der Waals surface area contributed by atoms with Gasteiger partial charge >= 0.3 is 0 Å². The Bertz CT molecular complexity index is 367. The zero-order valence-electron chi connectivity index (χ0n) is 11.7. The van der Waals surface area contributed by atoms with Crippen molar-refractivity contribution >= 4 is 66.6 Å². The highest BCUT2D eigenvalue weighted by Crippen LogP contribution is 2.40. The summed E-state index contributed by atoms with van der Waals surface area (Å²) in [6, 6.07) is 10.1. The highest BCUT2D eigenvalue weighted by atomic mass is 35.5. The summed E-state index contributed by atoms with van der Waals surface area (Å²) in [4.78, 5) is 1.42. The maximum atomic E-state index is 5.92. The molecule has 0 aliphatic heterocycles. The maximum Gasteiger partial charge on any atom is 0.0828 e. The molecule has 1 rings (SSSR count). The molecule has 0 bridgehead atoms. The van der Waals surface area contributed by atoms with Crippen molar-refractivity contribution in [2.45, 2.75) is 36.4 Å². The SMILES string of the molecule is CC(S)(CCCl)N(c1ccccc1)C(C)(S)CCCl.Cl. The van der Waals surface area contributed by atoms with E-state index in [1.165, 1.54) is 0 Å². The molecule has 0 saturated heterocycles. The molecule has 1 aromatic rings. The predicted molar refractivity (Wildman–Crippen MR) is 102 cm³/mol. The van der Waals surface area contributed by atoms with Gasteiger partial charge in [0.25, 0.3) is 0 Å². The standard InChI is InChI=1S/C14H21Cl2NS2.ClH/c1-13(18,8-10-15)17(14(2,19)9-11-16)12-6-4-3-5-7-12;/h3-7,18-19H,8-11H2,1-2H3;1H. The molecule has 20 heavy (non-hydrogen) atoms. The molecular weight excluding hydrogens is 353 g/mol. The van der Waals surface area contributed by atoms with Crippen LogP contribution < -0.4 is 4.90 Å². The van der Waals surface area contributed by atoms with Crippen LogP contribution >= 0.6 is 60.9 Å². The van der Waals surface area contributed by atoms with E-state index in [4.69, 9.17) is 48.5 Å². The fourth-order valence-electron chi connectivity index (χ4n) is 2.23. The number of halogens is 3. The Kier molecular flexibility index (Phi) is 9.16. The number of anilines is 1. The summed E-state index contributed by atoms with van der Waals surface area (Å²) < 4.78 is 0. The number of hydrogen-bond acceptors (Lipinski definition) is 3. The highest BCUT2D eigenvalue weighted by molar-refractivity contribution is 7.83. The molecule has 2 unspecified atom stereocenters. The van der Waals surface area contributed by atoms with Gasteiger partial charge in [-0.05, 0) is 38.8 Å². The first-order valence-corrected chi connectivity index (χ1v) is 8.23. The van der Waals surface area contributed by atoms with Crippen LogP contribution in [-0.2, 0) is 0 Å². The topological polar surface area (TPSA) is 3.24 Å². The van der Waals surface area contributed by atoms with Crippen molar-refractivity contribution in [1.29, 1.82) is 0 Å². The first-order valence-electron chi connectivity index (χ1n) is 6.27. The van der Waals surface area contributed by atoms with E-state index in [2.05, 4.69) is 30.9 Å². The van der Waals surface area contributed by atoms with Gasteiger partial charge in [0.1, 0.15) is 0 Å². The van der Waals surface area contributed by atoms with Gasteiger partial charge in [-0.15, -0.1) is 35.6 Å². The van der Waals surface area contributed by atoms with E-state index in [1.807, 2.05) is 18.2 Å². The van der Waals surface area contributed by atoms with Crippen LogP contribution in [0.4, 0.5) is 5.69 Å². The van der Waals surface area contributed by atoms with Gasteiger partial charge in [-0.2, -0.15) is 25.3 Å². The number of benzene rings is 1. The van der Waals surface area contributed by atoms with Crippen LogP contribution in [0.15, 0.2) is 30.3 Å². The van der Waals surface area contributed by atoms with Gasteiger partial charge in [0.2, 0.25) is 0 Å². The van der Waals surface area contributed by atoms with Gasteiger partial charge in [-0.1, -0.05) is 18.2 Å². The predicted octanol–water partition coefficient (Wildman–Crippen LogP) is 5.46. The van der Waals surface area contributed by atoms with E-state index in [9.17, 15) is 0 Å². The second kappa shape index (κ2) is 8.89. The minimum atomic E-state index is -0.383. The average molecular weight is 375 g/mol. The summed E-state index contributed by atoms with van der Waals surface area (Å²) in [5.74, 6) is 1.10. The monoisotopic (exact) mass is 373 g/mol. The molecule has 0 aromatic heterocycles. The van der Waals surface area contributed by atoms with Crippen molar-refractivity contribution in [3.63, 3.8) is 0 Å². The molecule has 0 amide bonds. The normalized spacial score (nSPS) is 16.7. The molecule has 1 nitrogen and oxygen atoms in total. The molecular formula is C14H22Cl3NS2. The molecule has 0 fully saturated rings. The Hall–Kier alpha value is 0.590. The molecule has 0 aliphatic carbocycles. The van der Waals surface area contributed by atoms with Gasteiger partial charge in [-0.25, -0.2) is 0 Å². The fourth-order valence-corrected chi connectivity index (χ4v) is 4.21. The Morgan fingerprint density at radius 2 is 1.35 bits per heavy atom. The zero-order chi connectivity index (χ0) is 14.5. The third kappa shape index (κ3) is 5.42. The van der Waals surface area contributed by atoms with Crippen LogP contribution in [0.25, 0.3) is 0 Å². The molecule has 0 saturated carbocycles. The third-order valence-corrected chi connectivity index (χ3v) is 4.34. The number of hydrogen-bond donors (Lipinski definition) is 2. The van der Waals surface area contributed by atoms with Gasteiger partial charge < -0.3 is 4.90 Å². The lowest BCUT2D eigenvalue weighted by Gasteiger charge is -2.49. The van der Waals surface area contributed by atoms with E-state index < -0.39 is 0 Å². The first-order chi connectivity index (χ1) is 8.85. The second-order valence-electron chi connectivity index (χ2n) is 4.98. The van der Waals surface area contributed by atoms with Gasteiger partial charge in [-0.3, -0.25) is 0 Å². The summed E-state index contributed by atoms with van der Waals surface area (Å²) in [6.07, 6.45) is 1.51. The highest BCUT2D eigenvalue weighted by Gasteiger charge is 2.38. The van der Waals surface area contributed by atoms with Gasteiger partial charge in [0.15, 0.2) is 0 Å². The summed E-state index contributed by atoms with van der Waals surface area (Å²) in [7, 11) is 0. The van der Waals surface area contributed by atoms with E-state index in [0.29, 0.717) is 11.8 Å². The first kappa shape index (κ1) is 20.6. The van der Waals surface area contributed by atoms with Crippen LogP contribution in [0.3, 0.4) is 0 Å². The second-order valence-corrected chi connectivity index (χ2v) is 7.67. The number of para-hydroxylation sites is 1. The number of thiol groups is 2. The molecule has 0 radical (unpaired) electrons. The number of nitrogens with zero attached hydrogens (tertiary/aromatic N) is 1.